The number of alkyl halides is 1. The normalized spacial score (nSPS) is 10.5. The first-order chi connectivity index (χ1) is 8.63. The average molecular weight is 269 g/mol. The topological polar surface area (TPSA) is 76.7 Å². The lowest BCUT2D eigenvalue weighted by Crippen LogP contribution is -2.08. The molecule has 0 atom stereocenters. The summed E-state index contributed by atoms with van der Waals surface area (Å²) in [7, 11) is 0. The highest BCUT2D eigenvalue weighted by atomic mass is 35.5. The van der Waals surface area contributed by atoms with E-state index in [1.807, 2.05) is 0 Å². The number of carbonyl (C=O) groups is 1. The Hall–Kier alpha value is -2.01. The van der Waals surface area contributed by atoms with Crippen molar-refractivity contribution in [3.63, 3.8) is 0 Å². The molecule has 2 aromatic rings. The second-order valence-electron chi connectivity index (χ2n) is 3.45. The van der Waals surface area contributed by atoms with Gasteiger partial charge in [-0.3, -0.25) is 4.79 Å². The lowest BCUT2D eigenvalue weighted by Gasteiger charge is -2.06. The Labute approximate surface area is 107 Å². The van der Waals surface area contributed by atoms with Crippen LogP contribution in [0.15, 0.2) is 33.5 Å². The molecule has 1 aromatic heterocycles. The largest absolute Gasteiger partial charge is 0.491 e. The average Bonchev–Trinajstić information content (AvgIpc) is 2.35. The van der Waals surface area contributed by atoms with Gasteiger partial charge < -0.3 is 14.3 Å². The highest BCUT2D eigenvalue weighted by molar-refractivity contribution is 6.18. The number of hydrogen-bond acceptors (Lipinski definition) is 4. The van der Waals surface area contributed by atoms with Crippen LogP contribution in [-0.4, -0.2) is 23.6 Å². The van der Waals surface area contributed by atoms with Crippen molar-refractivity contribution < 1.29 is 19.1 Å². The molecule has 0 aliphatic rings. The van der Waals surface area contributed by atoms with Crippen LogP contribution in [0.4, 0.5) is 0 Å². The first-order valence-electron chi connectivity index (χ1n) is 5.12. The van der Waals surface area contributed by atoms with Crippen molar-refractivity contribution in [3.8, 4) is 5.75 Å². The number of benzene rings is 1. The van der Waals surface area contributed by atoms with E-state index in [4.69, 9.17) is 25.9 Å². The van der Waals surface area contributed by atoms with Gasteiger partial charge in [-0.15, -0.1) is 11.6 Å². The van der Waals surface area contributed by atoms with E-state index in [9.17, 15) is 9.59 Å². The number of halogens is 1. The van der Waals surface area contributed by atoms with E-state index in [0.717, 1.165) is 6.07 Å². The van der Waals surface area contributed by atoms with Gasteiger partial charge in [0.05, 0.1) is 5.88 Å². The van der Waals surface area contributed by atoms with Crippen LogP contribution in [0.2, 0.25) is 0 Å². The SMILES string of the molecule is O=C(O)c1cc(=O)c2c(OCCCl)cccc2o1. The van der Waals surface area contributed by atoms with E-state index in [1.165, 1.54) is 6.07 Å². The van der Waals surface area contributed by atoms with Gasteiger partial charge in [0.2, 0.25) is 5.76 Å². The van der Waals surface area contributed by atoms with Gasteiger partial charge in [0.1, 0.15) is 23.3 Å². The van der Waals surface area contributed by atoms with Gasteiger partial charge in [0.15, 0.2) is 5.43 Å². The van der Waals surface area contributed by atoms with E-state index in [2.05, 4.69) is 0 Å². The maximum absolute atomic E-state index is 11.9. The molecule has 0 unspecified atom stereocenters. The molecule has 6 heteroatoms. The number of carboxylic acids is 1. The Kier molecular flexibility index (Phi) is 3.53. The summed E-state index contributed by atoms with van der Waals surface area (Å²) >= 11 is 5.50. The fraction of sp³-hybridized carbons (Fsp3) is 0.167. The van der Waals surface area contributed by atoms with Crippen LogP contribution >= 0.6 is 11.6 Å². The van der Waals surface area contributed by atoms with Gasteiger partial charge >= 0.3 is 5.97 Å². The third-order valence-corrected chi connectivity index (χ3v) is 2.42. The first-order valence-corrected chi connectivity index (χ1v) is 5.66. The van der Waals surface area contributed by atoms with Crippen LogP contribution in [0.1, 0.15) is 10.6 Å². The first kappa shape index (κ1) is 12.4. The Morgan fingerprint density at radius 1 is 1.44 bits per heavy atom. The number of carboxylic acid groups (broad SMARTS) is 1. The predicted molar refractivity (Wildman–Crippen MR) is 65.7 cm³/mol. The molecular weight excluding hydrogens is 260 g/mol. The van der Waals surface area contributed by atoms with E-state index < -0.39 is 17.2 Å². The lowest BCUT2D eigenvalue weighted by molar-refractivity contribution is 0.0663. The van der Waals surface area contributed by atoms with Gasteiger partial charge in [0, 0.05) is 6.07 Å². The Morgan fingerprint density at radius 2 is 2.22 bits per heavy atom. The zero-order valence-electron chi connectivity index (χ0n) is 9.18. The van der Waals surface area contributed by atoms with Crippen molar-refractivity contribution in [2.45, 2.75) is 0 Å². The Balaban J connectivity index is 2.63. The standard InChI is InChI=1S/C12H9ClO5/c13-4-5-17-8-2-1-3-9-11(8)7(14)6-10(18-9)12(15)16/h1-3,6H,4-5H2,(H,15,16). The zero-order valence-corrected chi connectivity index (χ0v) is 9.94. The summed E-state index contributed by atoms with van der Waals surface area (Å²) in [6.45, 7) is 0.251. The van der Waals surface area contributed by atoms with Crippen molar-refractivity contribution in [2.24, 2.45) is 0 Å². The second-order valence-corrected chi connectivity index (χ2v) is 3.82. The minimum absolute atomic E-state index is 0.173. The smallest absolute Gasteiger partial charge is 0.371 e. The molecule has 0 fully saturated rings. The highest BCUT2D eigenvalue weighted by Crippen LogP contribution is 2.23. The molecule has 1 aromatic carbocycles. The molecular formula is C12H9ClO5. The van der Waals surface area contributed by atoms with Crippen LogP contribution < -0.4 is 10.2 Å². The molecule has 2 rings (SSSR count). The van der Waals surface area contributed by atoms with Crippen molar-refractivity contribution in [3.05, 3.63) is 40.2 Å². The van der Waals surface area contributed by atoms with Crippen molar-refractivity contribution >= 4 is 28.5 Å². The molecule has 0 saturated carbocycles. The van der Waals surface area contributed by atoms with Crippen molar-refractivity contribution in [2.75, 3.05) is 12.5 Å². The molecule has 0 aliphatic heterocycles. The second kappa shape index (κ2) is 5.10. The predicted octanol–water partition coefficient (Wildman–Crippen LogP) is 2.11. The van der Waals surface area contributed by atoms with Gasteiger partial charge in [-0.2, -0.15) is 0 Å². The van der Waals surface area contributed by atoms with Crippen molar-refractivity contribution in [1.29, 1.82) is 0 Å². The van der Waals surface area contributed by atoms with Crippen LogP contribution in [0, 0.1) is 0 Å². The molecule has 0 saturated heterocycles. The number of aromatic carboxylic acids is 1. The number of fused-ring (bicyclic) bond motifs is 1. The van der Waals surface area contributed by atoms with Crippen molar-refractivity contribution in [1.82, 2.24) is 0 Å². The molecule has 1 N–H and O–H groups in total. The van der Waals surface area contributed by atoms with E-state index in [-0.39, 0.29) is 23.5 Å². The molecule has 94 valence electrons. The molecule has 5 nitrogen and oxygen atoms in total. The highest BCUT2D eigenvalue weighted by Gasteiger charge is 2.13. The lowest BCUT2D eigenvalue weighted by atomic mass is 10.2. The molecule has 0 bridgehead atoms. The van der Waals surface area contributed by atoms with Crippen LogP contribution in [0.5, 0.6) is 5.75 Å². The maximum Gasteiger partial charge on any atom is 0.371 e. The van der Waals surface area contributed by atoms with Gasteiger partial charge in [0.25, 0.3) is 0 Å². The summed E-state index contributed by atoms with van der Waals surface area (Å²) in [5, 5.41) is 9.01. The van der Waals surface area contributed by atoms with E-state index in [1.54, 1.807) is 12.1 Å². The third-order valence-electron chi connectivity index (χ3n) is 2.26. The minimum Gasteiger partial charge on any atom is -0.491 e. The summed E-state index contributed by atoms with van der Waals surface area (Å²) in [4.78, 5) is 22.6. The third kappa shape index (κ3) is 2.31. The Morgan fingerprint density at radius 3 is 2.89 bits per heavy atom. The van der Waals surface area contributed by atoms with Crippen LogP contribution in [-0.2, 0) is 0 Å². The molecule has 0 amide bonds. The molecule has 18 heavy (non-hydrogen) atoms. The zero-order chi connectivity index (χ0) is 13.1. The molecule has 0 aliphatic carbocycles. The van der Waals surface area contributed by atoms with Crippen LogP contribution in [0.25, 0.3) is 11.0 Å². The summed E-state index contributed by atoms with van der Waals surface area (Å²) in [6.07, 6.45) is 0. The fourth-order valence-electron chi connectivity index (χ4n) is 1.55. The summed E-state index contributed by atoms with van der Waals surface area (Å²) in [6, 6.07) is 5.65. The van der Waals surface area contributed by atoms with Gasteiger partial charge in [-0.25, -0.2) is 4.79 Å². The van der Waals surface area contributed by atoms with Gasteiger partial charge in [-0.05, 0) is 12.1 Å². The Bertz CT molecular complexity index is 646. The van der Waals surface area contributed by atoms with E-state index >= 15 is 0 Å². The van der Waals surface area contributed by atoms with Gasteiger partial charge in [-0.1, -0.05) is 6.07 Å². The monoisotopic (exact) mass is 268 g/mol. The number of rotatable bonds is 4. The summed E-state index contributed by atoms with van der Waals surface area (Å²) in [5.74, 6) is -1.07. The number of ether oxygens (including phenoxy) is 1. The summed E-state index contributed by atoms with van der Waals surface area (Å²) < 4.78 is 10.4. The maximum atomic E-state index is 11.9. The van der Waals surface area contributed by atoms with E-state index in [0.29, 0.717) is 5.75 Å². The van der Waals surface area contributed by atoms with Crippen LogP contribution in [0.3, 0.4) is 0 Å². The fourth-order valence-corrected chi connectivity index (χ4v) is 1.63. The minimum atomic E-state index is -1.29. The summed E-state index contributed by atoms with van der Waals surface area (Å²) in [5.41, 5.74) is -0.286. The molecule has 0 radical (unpaired) electrons. The quantitative estimate of drug-likeness (QED) is 0.860. The molecule has 0 spiro atoms. The number of hydrogen-bond donors (Lipinski definition) is 1. The molecule has 1 heterocycles.